The molecule has 0 fully saturated rings. The number of H-pyrrole nitrogens is 1. The average molecular weight is 364 g/mol. The van der Waals surface area contributed by atoms with Crippen molar-refractivity contribution in [2.24, 2.45) is 5.10 Å². The van der Waals surface area contributed by atoms with Crippen LogP contribution in [-0.4, -0.2) is 34.0 Å². The van der Waals surface area contributed by atoms with Gasteiger partial charge in [-0.3, -0.25) is 9.89 Å². The zero-order chi connectivity index (χ0) is 19.2. The molecule has 3 N–H and O–H groups in total. The fourth-order valence-electron chi connectivity index (χ4n) is 2.56. The Morgan fingerprint density at radius 2 is 1.93 bits per heavy atom. The molecule has 0 spiro atoms. The lowest BCUT2D eigenvalue weighted by atomic mass is 10.1. The van der Waals surface area contributed by atoms with Gasteiger partial charge in [0.15, 0.2) is 0 Å². The number of benzene rings is 2. The number of rotatable bonds is 6. The van der Waals surface area contributed by atoms with E-state index in [9.17, 15) is 9.90 Å². The number of aromatic amines is 1. The van der Waals surface area contributed by atoms with Gasteiger partial charge in [0, 0.05) is 11.1 Å². The Hall–Kier alpha value is -3.61. The summed E-state index contributed by atoms with van der Waals surface area (Å²) in [5.41, 5.74) is 5.89. The van der Waals surface area contributed by atoms with Gasteiger partial charge in [-0.15, -0.1) is 0 Å². The lowest BCUT2D eigenvalue weighted by Crippen LogP contribution is -2.19. The number of carbonyl (C=O) groups is 1. The highest BCUT2D eigenvalue weighted by Gasteiger charge is 2.16. The number of ether oxygens (including phenoxy) is 1. The molecule has 0 aliphatic carbocycles. The average Bonchev–Trinajstić information content (AvgIpc) is 3.06. The van der Waals surface area contributed by atoms with Crippen LogP contribution in [0.3, 0.4) is 0 Å². The third-order valence-electron chi connectivity index (χ3n) is 3.95. The highest BCUT2D eigenvalue weighted by molar-refractivity contribution is 5.96. The number of hydrogen-bond donors (Lipinski definition) is 3. The standard InChI is InChI=1S/C20H20N4O3/c1-3-27-17-10-6-15(7-11-17)18-13(2)19(23-22-18)20(26)24-21-12-14-4-8-16(25)9-5-14/h4-12,25H,3H2,1-2H3,(H,22,23)(H,24,26)/b21-12+. The van der Waals surface area contributed by atoms with E-state index < -0.39 is 0 Å². The molecule has 0 atom stereocenters. The smallest absolute Gasteiger partial charge is 0.289 e. The first-order valence-corrected chi connectivity index (χ1v) is 8.49. The quantitative estimate of drug-likeness (QED) is 0.462. The lowest BCUT2D eigenvalue weighted by Gasteiger charge is -2.04. The molecule has 1 amide bonds. The molecule has 138 valence electrons. The van der Waals surface area contributed by atoms with Crippen molar-refractivity contribution in [2.75, 3.05) is 6.61 Å². The van der Waals surface area contributed by atoms with Crippen molar-refractivity contribution < 1.29 is 14.6 Å². The molecule has 1 heterocycles. The molecule has 0 saturated carbocycles. The fourth-order valence-corrected chi connectivity index (χ4v) is 2.56. The fraction of sp³-hybridized carbons (Fsp3) is 0.150. The second kappa shape index (κ2) is 8.18. The van der Waals surface area contributed by atoms with Crippen molar-refractivity contribution in [3.05, 3.63) is 65.4 Å². The maximum Gasteiger partial charge on any atom is 0.289 e. The highest BCUT2D eigenvalue weighted by atomic mass is 16.5. The number of phenolic OH excluding ortho intramolecular Hbond substituents is 1. The molecular weight excluding hydrogens is 344 g/mol. The summed E-state index contributed by atoms with van der Waals surface area (Å²) in [7, 11) is 0. The zero-order valence-electron chi connectivity index (χ0n) is 15.1. The van der Waals surface area contributed by atoms with Crippen LogP contribution in [-0.2, 0) is 0 Å². The first kappa shape index (κ1) is 18.2. The number of aromatic hydroxyl groups is 1. The van der Waals surface area contributed by atoms with E-state index in [1.807, 2.05) is 38.1 Å². The molecule has 0 aliphatic heterocycles. The van der Waals surface area contributed by atoms with Crippen LogP contribution in [0.4, 0.5) is 0 Å². The second-order valence-corrected chi connectivity index (χ2v) is 5.82. The summed E-state index contributed by atoms with van der Waals surface area (Å²) in [6.07, 6.45) is 1.50. The summed E-state index contributed by atoms with van der Waals surface area (Å²) in [6, 6.07) is 14.0. The van der Waals surface area contributed by atoms with Crippen molar-refractivity contribution in [3.8, 4) is 22.8 Å². The highest BCUT2D eigenvalue weighted by Crippen LogP contribution is 2.25. The first-order valence-electron chi connectivity index (χ1n) is 8.49. The number of hydrazone groups is 1. The van der Waals surface area contributed by atoms with Crippen LogP contribution in [0, 0.1) is 6.92 Å². The number of phenols is 1. The number of amides is 1. The molecule has 0 bridgehead atoms. The largest absolute Gasteiger partial charge is 0.508 e. The summed E-state index contributed by atoms with van der Waals surface area (Å²) in [5.74, 6) is 0.578. The Morgan fingerprint density at radius 1 is 1.22 bits per heavy atom. The van der Waals surface area contributed by atoms with Gasteiger partial charge in [-0.2, -0.15) is 10.2 Å². The molecule has 27 heavy (non-hydrogen) atoms. The maximum atomic E-state index is 12.3. The number of aromatic nitrogens is 2. The van der Waals surface area contributed by atoms with Crippen LogP contribution in [0.2, 0.25) is 0 Å². The summed E-state index contributed by atoms with van der Waals surface area (Å²) in [4.78, 5) is 12.3. The van der Waals surface area contributed by atoms with Gasteiger partial charge >= 0.3 is 0 Å². The first-order chi connectivity index (χ1) is 13.1. The number of nitrogens with one attached hydrogen (secondary N) is 2. The monoisotopic (exact) mass is 364 g/mol. The van der Waals surface area contributed by atoms with Crippen LogP contribution in [0.1, 0.15) is 28.5 Å². The molecule has 0 unspecified atom stereocenters. The minimum Gasteiger partial charge on any atom is -0.508 e. The Balaban J connectivity index is 1.70. The normalized spacial score (nSPS) is 10.9. The van der Waals surface area contributed by atoms with Gasteiger partial charge in [-0.25, -0.2) is 5.43 Å². The van der Waals surface area contributed by atoms with Gasteiger partial charge in [0.05, 0.1) is 18.5 Å². The van der Waals surface area contributed by atoms with E-state index >= 15 is 0 Å². The summed E-state index contributed by atoms with van der Waals surface area (Å²) in [6.45, 7) is 4.37. The van der Waals surface area contributed by atoms with Gasteiger partial charge in [-0.05, 0) is 67.9 Å². The van der Waals surface area contributed by atoms with E-state index in [0.717, 1.165) is 22.4 Å². The molecule has 0 radical (unpaired) electrons. The second-order valence-electron chi connectivity index (χ2n) is 5.82. The van der Waals surface area contributed by atoms with E-state index in [1.54, 1.807) is 24.3 Å². The predicted molar refractivity (Wildman–Crippen MR) is 103 cm³/mol. The minimum atomic E-state index is -0.382. The van der Waals surface area contributed by atoms with Crippen molar-refractivity contribution in [1.29, 1.82) is 0 Å². The molecule has 3 rings (SSSR count). The number of nitrogens with zero attached hydrogens (tertiary/aromatic N) is 2. The predicted octanol–water partition coefficient (Wildman–Crippen LogP) is 3.25. The Morgan fingerprint density at radius 3 is 2.59 bits per heavy atom. The zero-order valence-corrected chi connectivity index (χ0v) is 15.1. The van der Waals surface area contributed by atoms with Gasteiger partial charge in [0.1, 0.15) is 17.2 Å². The van der Waals surface area contributed by atoms with Crippen LogP contribution >= 0.6 is 0 Å². The van der Waals surface area contributed by atoms with E-state index in [2.05, 4.69) is 20.7 Å². The summed E-state index contributed by atoms with van der Waals surface area (Å²) in [5, 5.41) is 20.2. The van der Waals surface area contributed by atoms with Crippen molar-refractivity contribution in [1.82, 2.24) is 15.6 Å². The minimum absolute atomic E-state index is 0.172. The Labute approximate surface area is 156 Å². The maximum absolute atomic E-state index is 12.3. The van der Waals surface area contributed by atoms with Crippen LogP contribution < -0.4 is 10.2 Å². The van der Waals surface area contributed by atoms with Crippen LogP contribution in [0.25, 0.3) is 11.3 Å². The summed E-state index contributed by atoms with van der Waals surface area (Å²) >= 11 is 0. The molecule has 0 saturated heterocycles. The number of hydrogen-bond acceptors (Lipinski definition) is 5. The van der Waals surface area contributed by atoms with Crippen molar-refractivity contribution in [3.63, 3.8) is 0 Å². The van der Waals surface area contributed by atoms with Gasteiger partial charge < -0.3 is 9.84 Å². The molecule has 7 heteroatoms. The molecule has 0 aliphatic rings. The van der Waals surface area contributed by atoms with E-state index in [1.165, 1.54) is 6.21 Å². The van der Waals surface area contributed by atoms with Crippen molar-refractivity contribution in [2.45, 2.75) is 13.8 Å². The van der Waals surface area contributed by atoms with Gasteiger partial charge in [-0.1, -0.05) is 0 Å². The van der Waals surface area contributed by atoms with Crippen LogP contribution in [0.5, 0.6) is 11.5 Å². The van der Waals surface area contributed by atoms with Gasteiger partial charge in [0.25, 0.3) is 5.91 Å². The molecule has 7 nitrogen and oxygen atoms in total. The van der Waals surface area contributed by atoms with E-state index in [0.29, 0.717) is 18.0 Å². The van der Waals surface area contributed by atoms with Gasteiger partial charge in [0.2, 0.25) is 0 Å². The molecule has 1 aromatic heterocycles. The lowest BCUT2D eigenvalue weighted by molar-refractivity contribution is 0.0949. The Kier molecular flexibility index (Phi) is 5.51. The molecule has 2 aromatic carbocycles. The Bertz CT molecular complexity index is 944. The third-order valence-corrected chi connectivity index (χ3v) is 3.95. The topological polar surface area (TPSA) is 99.6 Å². The van der Waals surface area contributed by atoms with E-state index in [4.69, 9.17) is 4.74 Å². The van der Waals surface area contributed by atoms with E-state index in [-0.39, 0.29) is 11.7 Å². The SMILES string of the molecule is CCOc1ccc(-c2n[nH]c(C(=O)N/N=C/c3ccc(O)cc3)c2C)cc1. The molecule has 3 aromatic rings. The van der Waals surface area contributed by atoms with Crippen molar-refractivity contribution >= 4 is 12.1 Å². The number of carbonyl (C=O) groups excluding carboxylic acids is 1. The van der Waals surface area contributed by atoms with Crippen LogP contribution in [0.15, 0.2) is 53.6 Å². The summed E-state index contributed by atoms with van der Waals surface area (Å²) < 4.78 is 5.44. The molecular formula is C20H20N4O3. The third kappa shape index (κ3) is 4.33.